The maximum Gasteiger partial charge on any atom is 0.0666 e. The number of hydrogen-bond donors (Lipinski definition) is 1. The van der Waals surface area contributed by atoms with Crippen LogP contribution in [0, 0.1) is 17.2 Å². The van der Waals surface area contributed by atoms with Crippen LogP contribution in [-0.4, -0.2) is 30.3 Å². The molecular formula is C10H20N2S. The molecule has 0 aromatic heterocycles. The average Bonchev–Trinajstić information content (AvgIpc) is 2.16. The molecule has 0 radical (unpaired) electrons. The van der Waals surface area contributed by atoms with Crippen LogP contribution in [0.25, 0.3) is 0 Å². The minimum atomic E-state index is 0.149. The monoisotopic (exact) mass is 200 g/mol. The van der Waals surface area contributed by atoms with Crippen LogP contribution in [0.4, 0.5) is 0 Å². The van der Waals surface area contributed by atoms with Gasteiger partial charge in [0.15, 0.2) is 0 Å². The summed E-state index contributed by atoms with van der Waals surface area (Å²) in [5.74, 6) is 1.11. The Kier molecular flexibility index (Phi) is 8.27. The quantitative estimate of drug-likeness (QED) is 0.504. The Labute approximate surface area is 87.3 Å². The number of hydrogen-bond acceptors (Lipinski definition) is 3. The van der Waals surface area contributed by atoms with Crippen LogP contribution >= 0.6 is 12.6 Å². The van der Waals surface area contributed by atoms with Crippen molar-refractivity contribution >= 4 is 12.6 Å². The highest BCUT2D eigenvalue weighted by Gasteiger charge is 2.06. The molecule has 0 spiro atoms. The van der Waals surface area contributed by atoms with Gasteiger partial charge in [0.05, 0.1) is 12.0 Å². The fourth-order valence-electron chi connectivity index (χ4n) is 1.25. The van der Waals surface area contributed by atoms with Crippen molar-refractivity contribution in [2.24, 2.45) is 5.92 Å². The largest absolute Gasteiger partial charge is 0.302 e. The maximum atomic E-state index is 8.66. The molecule has 13 heavy (non-hydrogen) atoms. The molecule has 2 nitrogen and oxygen atoms in total. The lowest BCUT2D eigenvalue weighted by molar-refractivity contribution is 0.265. The molecule has 0 aliphatic heterocycles. The number of nitriles is 1. The first-order valence-corrected chi connectivity index (χ1v) is 5.60. The Morgan fingerprint density at radius 2 is 2.15 bits per heavy atom. The second-order valence-electron chi connectivity index (χ2n) is 3.35. The van der Waals surface area contributed by atoms with Crippen molar-refractivity contribution in [3.05, 3.63) is 0 Å². The van der Waals surface area contributed by atoms with Crippen LogP contribution in [-0.2, 0) is 0 Å². The highest BCUT2D eigenvalue weighted by molar-refractivity contribution is 7.80. The van der Waals surface area contributed by atoms with Gasteiger partial charge in [-0.25, -0.2) is 0 Å². The van der Waals surface area contributed by atoms with E-state index in [4.69, 9.17) is 5.26 Å². The molecular weight excluding hydrogens is 180 g/mol. The molecule has 0 aliphatic carbocycles. The van der Waals surface area contributed by atoms with E-state index in [1.54, 1.807) is 0 Å². The predicted molar refractivity (Wildman–Crippen MR) is 60.0 cm³/mol. The minimum Gasteiger partial charge on any atom is -0.302 e. The van der Waals surface area contributed by atoms with Gasteiger partial charge in [-0.1, -0.05) is 6.92 Å². The number of unbranched alkanes of at least 4 members (excludes halogenated alkanes) is 1. The SMILES string of the molecule is CCN(CCCCS)CC(C)C#N. The van der Waals surface area contributed by atoms with E-state index < -0.39 is 0 Å². The van der Waals surface area contributed by atoms with E-state index in [0.717, 1.165) is 25.4 Å². The molecule has 76 valence electrons. The second kappa shape index (κ2) is 8.40. The van der Waals surface area contributed by atoms with Crippen molar-refractivity contribution in [1.82, 2.24) is 4.90 Å². The highest BCUT2D eigenvalue weighted by Crippen LogP contribution is 2.01. The fourth-order valence-corrected chi connectivity index (χ4v) is 1.48. The summed E-state index contributed by atoms with van der Waals surface area (Å²) in [5, 5.41) is 8.66. The number of nitrogens with zero attached hydrogens (tertiary/aromatic N) is 2. The van der Waals surface area contributed by atoms with Gasteiger partial charge in [0.2, 0.25) is 0 Å². The Morgan fingerprint density at radius 3 is 2.62 bits per heavy atom. The van der Waals surface area contributed by atoms with Crippen LogP contribution in [0.1, 0.15) is 26.7 Å². The number of thiol groups is 1. The van der Waals surface area contributed by atoms with Crippen LogP contribution in [0.2, 0.25) is 0 Å². The summed E-state index contributed by atoms with van der Waals surface area (Å²) in [4.78, 5) is 2.33. The highest BCUT2D eigenvalue weighted by atomic mass is 32.1. The van der Waals surface area contributed by atoms with E-state index in [1.807, 2.05) is 6.92 Å². The Morgan fingerprint density at radius 1 is 1.46 bits per heavy atom. The zero-order valence-corrected chi connectivity index (χ0v) is 9.56. The third-order valence-corrected chi connectivity index (χ3v) is 2.40. The molecule has 1 atom stereocenters. The summed E-state index contributed by atoms with van der Waals surface area (Å²) in [6.45, 7) is 7.16. The average molecular weight is 200 g/mol. The number of rotatable bonds is 7. The predicted octanol–water partition coefficient (Wildman–Crippen LogP) is 2.18. The molecule has 0 bridgehead atoms. The summed E-state index contributed by atoms with van der Waals surface area (Å²) in [7, 11) is 0. The molecule has 0 saturated carbocycles. The fraction of sp³-hybridized carbons (Fsp3) is 0.900. The smallest absolute Gasteiger partial charge is 0.0666 e. The normalized spacial score (nSPS) is 12.8. The van der Waals surface area contributed by atoms with Gasteiger partial charge in [0, 0.05) is 6.54 Å². The van der Waals surface area contributed by atoms with E-state index in [1.165, 1.54) is 12.8 Å². The Hall–Kier alpha value is -0.200. The Bertz CT molecular complexity index is 153. The van der Waals surface area contributed by atoms with Gasteiger partial charge in [-0.15, -0.1) is 0 Å². The third-order valence-electron chi connectivity index (χ3n) is 2.08. The first-order chi connectivity index (χ1) is 6.24. The molecule has 0 saturated heterocycles. The van der Waals surface area contributed by atoms with E-state index in [9.17, 15) is 0 Å². The van der Waals surface area contributed by atoms with Crippen molar-refractivity contribution in [3.8, 4) is 6.07 Å². The molecule has 1 unspecified atom stereocenters. The zero-order valence-electron chi connectivity index (χ0n) is 8.66. The standard InChI is InChI=1S/C10H20N2S/c1-3-12(6-4-5-7-13)9-10(2)8-11/h10,13H,3-7,9H2,1-2H3. The molecule has 0 aromatic carbocycles. The molecule has 3 heteroatoms. The van der Waals surface area contributed by atoms with Crippen LogP contribution in [0.5, 0.6) is 0 Å². The second-order valence-corrected chi connectivity index (χ2v) is 3.80. The zero-order chi connectivity index (χ0) is 10.1. The third kappa shape index (κ3) is 6.92. The lowest BCUT2D eigenvalue weighted by Crippen LogP contribution is -2.29. The first-order valence-electron chi connectivity index (χ1n) is 4.97. The van der Waals surface area contributed by atoms with Crippen LogP contribution in [0.3, 0.4) is 0 Å². The molecule has 0 heterocycles. The van der Waals surface area contributed by atoms with Gasteiger partial charge in [0.1, 0.15) is 0 Å². The van der Waals surface area contributed by atoms with Gasteiger partial charge < -0.3 is 4.90 Å². The Balaban J connectivity index is 3.58. The molecule has 0 rings (SSSR count). The van der Waals surface area contributed by atoms with Crippen molar-refractivity contribution in [2.45, 2.75) is 26.7 Å². The summed E-state index contributed by atoms with van der Waals surface area (Å²) < 4.78 is 0. The summed E-state index contributed by atoms with van der Waals surface area (Å²) in [6.07, 6.45) is 2.36. The van der Waals surface area contributed by atoms with Gasteiger partial charge in [0.25, 0.3) is 0 Å². The summed E-state index contributed by atoms with van der Waals surface area (Å²) in [6, 6.07) is 2.26. The summed E-state index contributed by atoms with van der Waals surface area (Å²) >= 11 is 4.17. The van der Waals surface area contributed by atoms with Gasteiger partial charge in [-0.05, 0) is 38.6 Å². The molecule has 0 fully saturated rings. The summed E-state index contributed by atoms with van der Waals surface area (Å²) in [5.41, 5.74) is 0. The van der Waals surface area contributed by atoms with Crippen LogP contribution in [0.15, 0.2) is 0 Å². The van der Waals surface area contributed by atoms with Crippen molar-refractivity contribution in [2.75, 3.05) is 25.4 Å². The lowest BCUT2D eigenvalue weighted by Gasteiger charge is -2.20. The maximum absolute atomic E-state index is 8.66. The van der Waals surface area contributed by atoms with Crippen molar-refractivity contribution < 1.29 is 0 Å². The minimum absolute atomic E-state index is 0.149. The molecule has 0 aromatic rings. The van der Waals surface area contributed by atoms with Crippen molar-refractivity contribution in [1.29, 1.82) is 5.26 Å². The van der Waals surface area contributed by atoms with E-state index >= 15 is 0 Å². The van der Waals surface area contributed by atoms with Crippen LogP contribution < -0.4 is 0 Å². The van der Waals surface area contributed by atoms with Crippen molar-refractivity contribution in [3.63, 3.8) is 0 Å². The van der Waals surface area contributed by atoms with E-state index in [2.05, 4.69) is 30.5 Å². The van der Waals surface area contributed by atoms with E-state index in [-0.39, 0.29) is 5.92 Å². The van der Waals surface area contributed by atoms with Gasteiger partial charge in [-0.2, -0.15) is 17.9 Å². The van der Waals surface area contributed by atoms with Gasteiger partial charge >= 0.3 is 0 Å². The molecule has 0 amide bonds. The van der Waals surface area contributed by atoms with Gasteiger partial charge in [-0.3, -0.25) is 0 Å². The van der Waals surface area contributed by atoms with E-state index in [0.29, 0.717) is 0 Å². The lowest BCUT2D eigenvalue weighted by atomic mass is 10.2. The first kappa shape index (κ1) is 12.8. The molecule has 0 N–H and O–H groups in total. The topological polar surface area (TPSA) is 27.0 Å². The molecule has 0 aliphatic rings.